The Labute approximate surface area is 224 Å². The first-order chi connectivity index (χ1) is 18.2. The molecule has 1 unspecified atom stereocenters. The Morgan fingerprint density at radius 3 is 1.95 bits per heavy atom. The molecule has 0 saturated carbocycles. The Hall–Kier alpha value is -4.23. The van der Waals surface area contributed by atoms with Crippen LogP contribution >= 0.6 is 0 Å². The third-order valence-corrected chi connectivity index (χ3v) is 8.18. The van der Waals surface area contributed by atoms with Crippen molar-refractivity contribution in [2.45, 2.75) is 38.1 Å². The van der Waals surface area contributed by atoms with Crippen molar-refractivity contribution in [1.29, 1.82) is 0 Å². The summed E-state index contributed by atoms with van der Waals surface area (Å²) in [6.07, 6.45) is 7.96. The molecule has 3 aromatic rings. The summed E-state index contributed by atoms with van der Waals surface area (Å²) in [5.74, 6) is -0.139. The van der Waals surface area contributed by atoms with Crippen LogP contribution in [0.4, 0.5) is 11.4 Å². The topological polar surface area (TPSA) is 83.6 Å². The molecule has 1 atom stereocenters. The van der Waals surface area contributed by atoms with Gasteiger partial charge in [0.05, 0.1) is 17.4 Å². The first-order valence-electron chi connectivity index (χ1n) is 12.4. The highest BCUT2D eigenvalue weighted by Gasteiger charge is 2.33. The number of ketones is 1. The zero-order valence-corrected chi connectivity index (χ0v) is 22.4. The molecule has 0 fully saturated rings. The summed E-state index contributed by atoms with van der Waals surface area (Å²) in [5.41, 5.74) is 4.46. The molecule has 0 saturated heterocycles. The summed E-state index contributed by atoms with van der Waals surface area (Å²) in [7, 11) is -3.98. The highest BCUT2D eigenvalue weighted by Crippen LogP contribution is 2.37. The molecule has 194 valence electrons. The maximum absolute atomic E-state index is 14.0. The number of rotatable bonds is 7. The maximum atomic E-state index is 14.0. The van der Waals surface area contributed by atoms with Crippen molar-refractivity contribution < 1.29 is 18.0 Å². The molecular weight excluding hydrogens is 496 g/mol. The molecule has 2 aliphatic carbocycles. The number of aryl methyl sites for hydroxylation is 1. The molecule has 2 aliphatic rings. The van der Waals surface area contributed by atoms with Gasteiger partial charge in [-0.3, -0.25) is 13.9 Å². The quantitative estimate of drug-likeness (QED) is 0.392. The van der Waals surface area contributed by atoms with Gasteiger partial charge in [-0.2, -0.15) is 0 Å². The molecule has 0 aromatic heterocycles. The maximum Gasteiger partial charge on any atom is 0.266 e. The van der Waals surface area contributed by atoms with Gasteiger partial charge in [0, 0.05) is 18.1 Å². The minimum absolute atomic E-state index is 0.0650. The second kappa shape index (κ2) is 11.4. The number of sulfonamides is 1. The van der Waals surface area contributed by atoms with Gasteiger partial charge in [-0.05, 0) is 43.2 Å². The number of nitrogens with one attached hydrogen (secondary N) is 1. The molecule has 0 heterocycles. The molecule has 1 amide bonds. The van der Waals surface area contributed by atoms with E-state index in [9.17, 15) is 18.0 Å². The molecule has 0 radical (unpaired) electrons. The number of hydrogen-bond acceptors (Lipinski definition) is 4. The average Bonchev–Trinajstić information content (AvgIpc) is 3.45. The first kappa shape index (κ1) is 26.8. The minimum Gasteiger partial charge on any atom is -0.325 e. The van der Waals surface area contributed by atoms with Gasteiger partial charge in [-0.15, -0.1) is 0 Å². The van der Waals surface area contributed by atoms with Crippen molar-refractivity contribution in [3.05, 3.63) is 125 Å². The van der Waals surface area contributed by atoms with Crippen LogP contribution in [0, 0.1) is 6.92 Å². The van der Waals surface area contributed by atoms with Crippen molar-refractivity contribution in [1.82, 2.24) is 0 Å². The van der Waals surface area contributed by atoms with E-state index in [1.54, 1.807) is 18.2 Å². The third kappa shape index (κ3) is 5.68. The van der Waals surface area contributed by atoms with Gasteiger partial charge in [0.1, 0.15) is 4.90 Å². The molecular formula is C31H30N2O4S. The van der Waals surface area contributed by atoms with Crippen molar-refractivity contribution >= 4 is 33.1 Å². The molecule has 0 spiro atoms. The number of Topliss-reactive ketones (excluding diaryl/α,β-unsaturated/α-hetero) is 1. The van der Waals surface area contributed by atoms with Crippen LogP contribution in [0.1, 0.15) is 37.4 Å². The molecule has 38 heavy (non-hydrogen) atoms. The lowest BCUT2D eigenvalue weighted by Crippen LogP contribution is -2.35. The molecule has 3 aromatic carbocycles. The lowest BCUT2D eigenvalue weighted by atomic mass is 10.0. The zero-order chi connectivity index (χ0) is 27.3. The number of nitrogens with zero attached hydrogens (tertiary/aromatic N) is 1. The number of amides is 1. The smallest absolute Gasteiger partial charge is 0.266 e. The number of allylic oxidation sites excluding steroid dienone is 6. The average molecular weight is 527 g/mol. The number of hydrogen-bond donors (Lipinski definition) is 1. The normalized spacial score (nSPS) is 14.2. The van der Waals surface area contributed by atoms with Gasteiger partial charge in [0.15, 0.2) is 5.78 Å². The van der Waals surface area contributed by atoms with Crippen LogP contribution < -0.4 is 9.62 Å². The lowest BCUT2D eigenvalue weighted by Gasteiger charge is -2.33. The summed E-state index contributed by atoms with van der Waals surface area (Å²) < 4.78 is 29.4. The number of anilines is 2. The van der Waals surface area contributed by atoms with E-state index in [0.29, 0.717) is 12.1 Å². The fourth-order valence-electron chi connectivity index (χ4n) is 4.42. The van der Waals surface area contributed by atoms with E-state index in [1.165, 1.54) is 17.3 Å². The predicted molar refractivity (Wildman–Crippen MR) is 151 cm³/mol. The summed E-state index contributed by atoms with van der Waals surface area (Å²) in [6, 6.07) is 23.1. The van der Waals surface area contributed by atoms with Crippen molar-refractivity contribution in [3.63, 3.8) is 0 Å². The van der Waals surface area contributed by atoms with E-state index in [0.717, 1.165) is 22.3 Å². The number of carbonyl (C=O) groups is 2. The van der Waals surface area contributed by atoms with Gasteiger partial charge < -0.3 is 5.32 Å². The first-order valence-corrected chi connectivity index (χ1v) is 13.8. The van der Waals surface area contributed by atoms with Gasteiger partial charge in [-0.25, -0.2) is 8.42 Å². The van der Waals surface area contributed by atoms with Crippen molar-refractivity contribution in [3.8, 4) is 0 Å². The Morgan fingerprint density at radius 2 is 1.45 bits per heavy atom. The summed E-state index contributed by atoms with van der Waals surface area (Å²) in [5, 5.41) is 2.65. The van der Waals surface area contributed by atoms with Crippen LogP contribution in [-0.4, -0.2) is 20.1 Å². The van der Waals surface area contributed by atoms with Gasteiger partial charge in [-0.1, -0.05) is 91.4 Å². The standard InChI is InChI=1S/C24H26N2O3S.C7H4O/c1-4-23(20-10-6-5-7-11-20)26(21-16-14-18(2)15-17-21)30(28,29)24-13-9-8-12-22(24)25-19(3)27;8-7-5-1-2-6(7)4-3-5/h5-17,23H,4H2,1-3H3,(H,25,27);1-4H. The number of carbonyl (C=O) groups excluding carboxylic acids is 2. The van der Waals surface area contributed by atoms with Crippen molar-refractivity contribution in [2.75, 3.05) is 9.62 Å². The molecule has 5 rings (SSSR count). The van der Waals surface area contributed by atoms with E-state index in [-0.39, 0.29) is 22.3 Å². The summed E-state index contributed by atoms with van der Waals surface area (Å²) >= 11 is 0. The van der Waals surface area contributed by atoms with Crippen LogP contribution in [0.25, 0.3) is 0 Å². The molecule has 0 aliphatic heterocycles. The summed E-state index contributed by atoms with van der Waals surface area (Å²) in [6.45, 7) is 5.29. The Morgan fingerprint density at radius 1 is 0.868 bits per heavy atom. The van der Waals surface area contributed by atoms with Crippen molar-refractivity contribution in [2.24, 2.45) is 0 Å². The van der Waals surface area contributed by atoms with E-state index >= 15 is 0 Å². The van der Waals surface area contributed by atoms with E-state index in [1.807, 2.05) is 92.7 Å². The zero-order valence-electron chi connectivity index (χ0n) is 21.6. The Balaban J connectivity index is 0.000000353. The van der Waals surface area contributed by atoms with Crippen LogP contribution in [0.15, 0.2) is 119 Å². The summed E-state index contributed by atoms with van der Waals surface area (Å²) in [4.78, 5) is 22.5. The van der Waals surface area contributed by atoms with E-state index in [2.05, 4.69) is 5.32 Å². The number of benzene rings is 3. The van der Waals surface area contributed by atoms with Crippen LogP contribution in [0.2, 0.25) is 0 Å². The fourth-order valence-corrected chi connectivity index (χ4v) is 6.28. The number of fused-ring (bicyclic) bond motifs is 2. The third-order valence-electron chi connectivity index (χ3n) is 6.29. The SMILES string of the molecule is CCC(c1ccccc1)N(c1ccc(C)cc1)S(=O)(=O)c1ccccc1NC(C)=O.O=C1C2=CC=C1C=C2. The second-order valence-corrected chi connectivity index (χ2v) is 10.8. The molecule has 7 heteroatoms. The number of para-hydroxylation sites is 1. The highest BCUT2D eigenvalue weighted by molar-refractivity contribution is 7.93. The Bertz CT molecular complexity index is 1510. The molecule has 6 nitrogen and oxygen atoms in total. The Kier molecular flexibility index (Phi) is 8.08. The molecule has 2 bridgehead atoms. The molecule has 1 N–H and O–H groups in total. The van der Waals surface area contributed by atoms with Gasteiger partial charge >= 0.3 is 0 Å². The highest BCUT2D eigenvalue weighted by atomic mass is 32.2. The lowest BCUT2D eigenvalue weighted by molar-refractivity contribution is -0.114. The fraction of sp³-hybridized carbons (Fsp3) is 0.161. The van der Waals surface area contributed by atoms with Crippen LogP contribution in [0.3, 0.4) is 0 Å². The largest absolute Gasteiger partial charge is 0.325 e. The van der Waals surface area contributed by atoms with Gasteiger partial charge in [0.25, 0.3) is 10.0 Å². The van der Waals surface area contributed by atoms with Crippen LogP contribution in [-0.2, 0) is 19.6 Å². The van der Waals surface area contributed by atoms with E-state index < -0.39 is 16.1 Å². The van der Waals surface area contributed by atoms with E-state index in [4.69, 9.17) is 0 Å². The minimum atomic E-state index is -3.98. The predicted octanol–water partition coefficient (Wildman–Crippen LogP) is 6.29. The van der Waals surface area contributed by atoms with Gasteiger partial charge in [0.2, 0.25) is 5.91 Å². The van der Waals surface area contributed by atoms with Crippen LogP contribution in [0.5, 0.6) is 0 Å². The second-order valence-electron chi connectivity index (χ2n) is 9.05. The monoisotopic (exact) mass is 526 g/mol.